The second-order valence-corrected chi connectivity index (χ2v) is 6.90. The number of cyclic esters (lactones) is 1. The molecule has 1 atom stereocenters. The van der Waals surface area contributed by atoms with Crippen LogP contribution in [0.15, 0.2) is 36.4 Å². The zero-order valence-electron chi connectivity index (χ0n) is 14.2. The molecule has 0 spiro atoms. The highest BCUT2D eigenvalue weighted by Crippen LogP contribution is 2.35. The highest BCUT2D eigenvalue weighted by molar-refractivity contribution is 6.04. The number of amides is 1. The number of halogens is 2. The predicted molar refractivity (Wildman–Crippen MR) is 91.0 cm³/mol. The molecule has 2 aromatic carbocycles. The monoisotopic (exact) mass is 357 g/mol. The van der Waals surface area contributed by atoms with Gasteiger partial charge in [0.25, 0.3) is 5.91 Å². The number of rotatable bonds is 1. The summed E-state index contributed by atoms with van der Waals surface area (Å²) >= 11 is 0. The third kappa shape index (κ3) is 2.57. The van der Waals surface area contributed by atoms with Gasteiger partial charge < -0.3 is 9.64 Å². The van der Waals surface area contributed by atoms with Crippen LogP contribution in [0.5, 0.6) is 0 Å². The van der Waals surface area contributed by atoms with Crippen molar-refractivity contribution in [1.82, 2.24) is 0 Å². The molecule has 0 radical (unpaired) electrons. The van der Waals surface area contributed by atoms with E-state index in [1.54, 1.807) is 31.2 Å². The molecule has 1 amide bonds. The van der Waals surface area contributed by atoms with Crippen LogP contribution in [0.3, 0.4) is 0 Å². The average molecular weight is 357 g/mol. The Morgan fingerprint density at radius 2 is 2.00 bits per heavy atom. The van der Waals surface area contributed by atoms with Crippen LogP contribution in [0.2, 0.25) is 0 Å². The Morgan fingerprint density at radius 3 is 2.81 bits per heavy atom. The van der Waals surface area contributed by atoms with Gasteiger partial charge in [-0.05, 0) is 37.5 Å². The molecule has 2 heterocycles. The number of anilines is 1. The van der Waals surface area contributed by atoms with Gasteiger partial charge in [-0.3, -0.25) is 4.79 Å². The number of carbonyl (C=O) groups is 2. The van der Waals surface area contributed by atoms with Crippen LogP contribution < -0.4 is 4.90 Å². The molecule has 0 N–H and O–H groups in total. The van der Waals surface area contributed by atoms with Gasteiger partial charge in [0.05, 0.1) is 11.3 Å². The minimum Gasteiger partial charge on any atom is -0.445 e. The van der Waals surface area contributed by atoms with E-state index in [2.05, 4.69) is 0 Å². The summed E-state index contributed by atoms with van der Waals surface area (Å²) in [7, 11) is 0. The lowest BCUT2D eigenvalue weighted by molar-refractivity contribution is -0.137. The van der Waals surface area contributed by atoms with Gasteiger partial charge >= 0.3 is 5.97 Å². The lowest BCUT2D eigenvalue weighted by Gasteiger charge is -2.39. The summed E-state index contributed by atoms with van der Waals surface area (Å²) in [6.07, 6.45) is 1.21. The first-order valence-corrected chi connectivity index (χ1v) is 8.50. The van der Waals surface area contributed by atoms with Gasteiger partial charge in [-0.15, -0.1) is 0 Å². The summed E-state index contributed by atoms with van der Waals surface area (Å²) in [6.45, 7) is 1.87. The first kappa shape index (κ1) is 16.7. The third-order valence-electron chi connectivity index (χ3n) is 5.02. The number of carbonyl (C=O) groups excluding carboxylic acids is 2. The molecule has 4 nitrogen and oxygen atoms in total. The van der Waals surface area contributed by atoms with Crippen molar-refractivity contribution in [3.63, 3.8) is 0 Å². The molecule has 0 aliphatic carbocycles. The Kier molecular flexibility index (Phi) is 3.79. The Bertz CT molecular complexity index is 927. The van der Waals surface area contributed by atoms with Crippen LogP contribution in [0, 0.1) is 11.6 Å². The quantitative estimate of drug-likeness (QED) is 0.735. The summed E-state index contributed by atoms with van der Waals surface area (Å²) in [5.74, 6) is -2.43. The van der Waals surface area contributed by atoms with Crippen molar-refractivity contribution in [2.45, 2.75) is 31.8 Å². The van der Waals surface area contributed by atoms with Gasteiger partial charge in [-0.2, -0.15) is 0 Å². The van der Waals surface area contributed by atoms with E-state index >= 15 is 0 Å². The molecule has 2 aromatic rings. The van der Waals surface area contributed by atoms with Gasteiger partial charge in [-0.25, -0.2) is 13.6 Å². The molecule has 0 fully saturated rings. The van der Waals surface area contributed by atoms with Crippen molar-refractivity contribution in [3.8, 4) is 0 Å². The Balaban J connectivity index is 1.73. The Labute approximate surface area is 149 Å². The number of nitrogens with zero attached hydrogens (tertiary/aromatic N) is 1. The van der Waals surface area contributed by atoms with Crippen LogP contribution >= 0.6 is 0 Å². The predicted octanol–water partition coefficient (Wildman–Crippen LogP) is 3.42. The largest absolute Gasteiger partial charge is 0.445 e. The van der Waals surface area contributed by atoms with E-state index in [0.29, 0.717) is 30.5 Å². The number of fused-ring (bicyclic) bond motifs is 2. The first-order chi connectivity index (χ1) is 12.4. The number of benzene rings is 2. The normalized spacial score (nSPS) is 21.7. The van der Waals surface area contributed by atoms with E-state index in [-0.39, 0.29) is 12.1 Å². The molecule has 134 valence electrons. The molecule has 26 heavy (non-hydrogen) atoms. The molecule has 0 aromatic heterocycles. The zero-order valence-corrected chi connectivity index (χ0v) is 14.2. The van der Waals surface area contributed by atoms with Gasteiger partial charge in [0.15, 0.2) is 5.60 Å². The average Bonchev–Trinajstić information content (AvgIpc) is 2.60. The van der Waals surface area contributed by atoms with Crippen molar-refractivity contribution < 1.29 is 23.1 Å². The number of hydrogen-bond acceptors (Lipinski definition) is 3. The van der Waals surface area contributed by atoms with E-state index in [0.717, 1.165) is 17.7 Å². The Hall–Kier alpha value is -2.76. The number of ether oxygens (including phenoxy) is 1. The molecular weight excluding hydrogens is 340 g/mol. The fourth-order valence-electron chi connectivity index (χ4n) is 3.76. The fraction of sp³-hybridized carbons (Fsp3) is 0.300. The van der Waals surface area contributed by atoms with Gasteiger partial charge in [-0.1, -0.05) is 18.2 Å². The van der Waals surface area contributed by atoms with Crippen molar-refractivity contribution >= 4 is 17.6 Å². The van der Waals surface area contributed by atoms with Gasteiger partial charge in [0.1, 0.15) is 11.6 Å². The molecule has 0 saturated heterocycles. The standard InChI is InChI=1S/C20H17F2NO3/c1-20(11-12-5-2-3-6-14(12)18(24)26-20)19(25)23-8-4-7-15-16(22)9-13(21)10-17(15)23/h2-3,5-6,9-10H,4,7-8,11H2,1H3. The maximum absolute atomic E-state index is 14.1. The van der Waals surface area contributed by atoms with Crippen molar-refractivity contribution in [3.05, 3.63) is 64.7 Å². The highest BCUT2D eigenvalue weighted by Gasteiger charge is 2.46. The number of hydrogen-bond donors (Lipinski definition) is 0. The maximum Gasteiger partial charge on any atom is 0.339 e. The molecule has 4 rings (SSSR count). The zero-order chi connectivity index (χ0) is 18.5. The SMILES string of the molecule is CC1(C(=O)N2CCCc3c(F)cc(F)cc32)Cc2ccccc2C(=O)O1. The highest BCUT2D eigenvalue weighted by atomic mass is 19.1. The minimum atomic E-state index is -1.41. The molecule has 6 heteroatoms. The molecular formula is C20H17F2NO3. The summed E-state index contributed by atoms with van der Waals surface area (Å²) < 4.78 is 33.3. The van der Waals surface area contributed by atoms with E-state index < -0.39 is 29.1 Å². The minimum absolute atomic E-state index is 0.217. The van der Waals surface area contributed by atoms with Crippen LogP contribution in [0.1, 0.15) is 34.8 Å². The van der Waals surface area contributed by atoms with Gasteiger partial charge in [0, 0.05) is 24.6 Å². The van der Waals surface area contributed by atoms with Crippen LogP contribution in [0.25, 0.3) is 0 Å². The van der Waals surface area contributed by atoms with E-state index in [9.17, 15) is 18.4 Å². The Morgan fingerprint density at radius 1 is 1.23 bits per heavy atom. The molecule has 0 bridgehead atoms. The lowest BCUT2D eigenvalue weighted by Crippen LogP contribution is -2.54. The summed E-state index contributed by atoms with van der Waals surface area (Å²) in [4.78, 5) is 26.9. The molecule has 2 aliphatic heterocycles. The first-order valence-electron chi connectivity index (χ1n) is 8.50. The smallest absolute Gasteiger partial charge is 0.339 e. The second kappa shape index (κ2) is 5.90. The van der Waals surface area contributed by atoms with Crippen molar-refractivity contribution in [2.24, 2.45) is 0 Å². The van der Waals surface area contributed by atoms with E-state index in [1.807, 2.05) is 0 Å². The molecule has 1 unspecified atom stereocenters. The summed E-state index contributed by atoms with van der Waals surface area (Å²) in [5, 5.41) is 0. The van der Waals surface area contributed by atoms with Gasteiger partial charge in [0.2, 0.25) is 0 Å². The van der Waals surface area contributed by atoms with E-state index in [4.69, 9.17) is 4.74 Å². The summed E-state index contributed by atoms with van der Waals surface area (Å²) in [5.41, 5.74) is 0.284. The van der Waals surface area contributed by atoms with E-state index in [1.165, 1.54) is 4.90 Å². The third-order valence-corrected chi connectivity index (χ3v) is 5.02. The van der Waals surface area contributed by atoms with Crippen LogP contribution in [-0.4, -0.2) is 24.0 Å². The van der Waals surface area contributed by atoms with Crippen molar-refractivity contribution in [1.29, 1.82) is 0 Å². The lowest BCUT2D eigenvalue weighted by atomic mass is 9.88. The summed E-state index contributed by atoms with van der Waals surface area (Å²) in [6, 6.07) is 8.95. The van der Waals surface area contributed by atoms with Crippen molar-refractivity contribution in [2.75, 3.05) is 11.4 Å². The topological polar surface area (TPSA) is 46.6 Å². The number of esters is 1. The van der Waals surface area contributed by atoms with Crippen LogP contribution in [-0.2, 0) is 22.4 Å². The fourth-order valence-corrected chi connectivity index (χ4v) is 3.76. The second-order valence-electron chi connectivity index (χ2n) is 6.90. The maximum atomic E-state index is 14.1. The van der Waals surface area contributed by atoms with Crippen LogP contribution in [0.4, 0.5) is 14.5 Å². The molecule has 0 saturated carbocycles. The molecule has 2 aliphatic rings.